The number of rotatable bonds is 5. The maximum Gasteiger partial charge on any atom is 0.291 e. The lowest BCUT2D eigenvalue weighted by molar-refractivity contribution is -0.133. The molecule has 1 aliphatic rings. The average molecular weight is 483 g/mol. The van der Waals surface area contributed by atoms with Crippen molar-refractivity contribution in [2.24, 2.45) is 0 Å². The second-order valence-electron chi connectivity index (χ2n) is 7.14. The monoisotopic (exact) mass is 482 g/mol. The smallest absolute Gasteiger partial charge is 0.291 e. The molecule has 0 bridgehead atoms. The van der Waals surface area contributed by atoms with E-state index in [2.05, 4.69) is 4.98 Å². The lowest BCUT2D eigenvalue weighted by Gasteiger charge is -2.35. The molecule has 0 unspecified atom stereocenters. The van der Waals surface area contributed by atoms with E-state index in [0.717, 1.165) is 6.07 Å². The fourth-order valence-electron chi connectivity index (χ4n) is 3.60. The molecule has 2 heterocycles. The Kier molecular flexibility index (Phi) is 6.61. The third-order valence-electron chi connectivity index (χ3n) is 5.19. The van der Waals surface area contributed by atoms with Crippen molar-refractivity contribution < 1.29 is 22.8 Å². The minimum atomic E-state index is -2.66. The molecule has 1 aliphatic heterocycles. The number of piperazine rings is 1. The number of hydrogen-bond donors (Lipinski definition) is 0. The average Bonchev–Trinajstić information content (AvgIpc) is 3.09. The molecule has 0 atom stereocenters. The number of alkyl halides is 2. The van der Waals surface area contributed by atoms with E-state index in [1.165, 1.54) is 16.7 Å². The molecule has 1 aromatic heterocycles. The van der Waals surface area contributed by atoms with Crippen LogP contribution in [0.25, 0.3) is 11.0 Å². The molecule has 2 amide bonds. The maximum absolute atomic E-state index is 13.2. The van der Waals surface area contributed by atoms with Gasteiger partial charge in [0.1, 0.15) is 12.4 Å². The summed E-state index contributed by atoms with van der Waals surface area (Å²) < 4.78 is 40.7. The van der Waals surface area contributed by atoms with Gasteiger partial charge in [0.15, 0.2) is 5.16 Å². The van der Waals surface area contributed by atoms with Crippen LogP contribution >= 0.6 is 23.4 Å². The molecule has 0 N–H and O–H groups in total. The first-order valence-electron chi connectivity index (χ1n) is 9.75. The van der Waals surface area contributed by atoms with E-state index < -0.39 is 11.6 Å². The number of carbonyl (C=O) groups is 2. The molecule has 11 heteroatoms. The Balaban J connectivity index is 1.44. The lowest BCUT2D eigenvalue weighted by Crippen LogP contribution is -2.51. The molecule has 4 rings (SSSR count). The van der Waals surface area contributed by atoms with E-state index >= 15 is 0 Å². The summed E-state index contributed by atoms with van der Waals surface area (Å²) in [5.74, 6) is -3.78. The standard InChI is InChI=1S/C21H18ClF3N4O2S/c22-15-11-13(23)5-6-14(15)19(31)28-9-7-27(8-10-28)18(30)12-29-17-4-2-1-3-16(17)26-21(29)32-20(24)25/h1-6,11,20H,7-10,12H2. The summed E-state index contributed by atoms with van der Waals surface area (Å²) >= 11 is 6.28. The van der Waals surface area contributed by atoms with Gasteiger partial charge in [0.25, 0.3) is 11.7 Å². The zero-order chi connectivity index (χ0) is 22.8. The van der Waals surface area contributed by atoms with Gasteiger partial charge in [0.05, 0.1) is 21.6 Å². The van der Waals surface area contributed by atoms with Crippen molar-refractivity contribution in [2.45, 2.75) is 17.5 Å². The number of aromatic nitrogens is 2. The van der Waals surface area contributed by atoms with Crippen molar-refractivity contribution in [2.75, 3.05) is 26.2 Å². The fraction of sp³-hybridized carbons (Fsp3) is 0.286. The number of thioether (sulfide) groups is 1. The Morgan fingerprint density at radius 1 is 1.06 bits per heavy atom. The summed E-state index contributed by atoms with van der Waals surface area (Å²) in [6.07, 6.45) is 0. The van der Waals surface area contributed by atoms with E-state index in [0.29, 0.717) is 22.8 Å². The topological polar surface area (TPSA) is 58.4 Å². The summed E-state index contributed by atoms with van der Waals surface area (Å²) in [6, 6.07) is 10.5. The van der Waals surface area contributed by atoms with Crippen molar-refractivity contribution in [3.8, 4) is 0 Å². The molecule has 32 heavy (non-hydrogen) atoms. The first-order valence-corrected chi connectivity index (χ1v) is 11.0. The number of nitrogens with zero attached hydrogens (tertiary/aromatic N) is 4. The van der Waals surface area contributed by atoms with Crippen LogP contribution in [0.3, 0.4) is 0 Å². The lowest BCUT2D eigenvalue weighted by atomic mass is 10.1. The summed E-state index contributed by atoms with van der Waals surface area (Å²) in [5.41, 5.74) is 1.34. The number of benzene rings is 2. The molecule has 0 saturated carbocycles. The van der Waals surface area contributed by atoms with E-state index in [-0.39, 0.29) is 60.3 Å². The summed E-state index contributed by atoms with van der Waals surface area (Å²) in [5, 5.41) is 0.110. The van der Waals surface area contributed by atoms with Gasteiger partial charge in [-0.1, -0.05) is 23.7 Å². The second-order valence-corrected chi connectivity index (χ2v) is 8.51. The minimum absolute atomic E-state index is 0.0320. The predicted molar refractivity (Wildman–Crippen MR) is 115 cm³/mol. The van der Waals surface area contributed by atoms with Gasteiger partial charge in [-0.15, -0.1) is 0 Å². The maximum atomic E-state index is 13.2. The molecule has 0 spiro atoms. The number of amides is 2. The molecule has 0 radical (unpaired) electrons. The molecule has 1 fully saturated rings. The van der Waals surface area contributed by atoms with E-state index in [9.17, 15) is 22.8 Å². The van der Waals surface area contributed by atoms with Crippen molar-refractivity contribution in [3.05, 3.63) is 58.9 Å². The Bertz CT molecular complexity index is 1170. The van der Waals surface area contributed by atoms with Gasteiger partial charge in [0, 0.05) is 26.2 Å². The number of para-hydroxylation sites is 2. The highest BCUT2D eigenvalue weighted by Gasteiger charge is 2.27. The second kappa shape index (κ2) is 9.41. The number of fused-ring (bicyclic) bond motifs is 1. The summed E-state index contributed by atoms with van der Waals surface area (Å²) in [6.45, 7) is 0.997. The Hall–Kier alpha value is -2.72. The van der Waals surface area contributed by atoms with Crippen molar-refractivity contribution in [1.29, 1.82) is 0 Å². The van der Waals surface area contributed by atoms with Gasteiger partial charge in [-0.3, -0.25) is 9.59 Å². The highest BCUT2D eigenvalue weighted by Crippen LogP contribution is 2.28. The molecular weight excluding hydrogens is 465 g/mol. The zero-order valence-corrected chi connectivity index (χ0v) is 18.3. The van der Waals surface area contributed by atoms with Crippen LogP contribution in [0.5, 0.6) is 0 Å². The largest absolute Gasteiger partial charge is 0.338 e. The quantitative estimate of drug-likeness (QED) is 0.513. The van der Waals surface area contributed by atoms with E-state index in [4.69, 9.17) is 11.6 Å². The van der Waals surface area contributed by atoms with Crippen molar-refractivity contribution in [1.82, 2.24) is 19.4 Å². The van der Waals surface area contributed by atoms with E-state index in [1.807, 2.05) is 0 Å². The van der Waals surface area contributed by atoms with Gasteiger partial charge in [-0.2, -0.15) is 8.78 Å². The molecule has 1 saturated heterocycles. The van der Waals surface area contributed by atoms with Crippen LogP contribution in [-0.4, -0.2) is 63.1 Å². The van der Waals surface area contributed by atoms with Crippen LogP contribution in [0, 0.1) is 5.82 Å². The molecular formula is C21H18ClF3N4O2S. The van der Waals surface area contributed by atoms with Gasteiger partial charge in [-0.25, -0.2) is 9.37 Å². The molecule has 0 aliphatic carbocycles. The fourth-order valence-corrected chi connectivity index (χ4v) is 4.45. The van der Waals surface area contributed by atoms with Crippen LogP contribution in [0.15, 0.2) is 47.6 Å². The van der Waals surface area contributed by atoms with Gasteiger partial charge < -0.3 is 14.4 Å². The Morgan fingerprint density at radius 3 is 2.44 bits per heavy atom. The summed E-state index contributed by atoms with van der Waals surface area (Å²) in [4.78, 5) is 32.9. The van der Waals surface area contributed by atoms with Crippen LogP contribution in [0.4, 0.5) is 13.2 Å². The normalized spacial score (nSPS) is 14.4. The van der Waals surface area contributed by atoms with Crippen LogP contribution < -0.4 is 0 Å². The SMILES string of the molecule is O=C(Cn1c(SC(F)F)nc2ccccc21)N1CCN(C(=O)c2ccc(F)cc2Cl)CC1. The highest BCUT2D eigenvalue weighted by molar-refractivity contribution is 7.99. The van der Waals surface area contributed by atoms with E-state index in [1.54, 1.807) is 34.1 Å². The Morgan fingerprint density at radius 2 is 1.75 bits per heavy atom. The Labute approximate surface area is 190 Å². The summed E-state index contributed by atoms with van der Waals surface area (Å²) in [7, 11) is 0. The third kappa shape index (κ3) is 4.71. The first kappa shape index (κ1) is 22.5. The van der Waals surface area contributed by atoms with Gasteiger partial charge in [0.2, 0.25) is 5.91 Å². The molecule has 168 valence electrons. The molecule has 6 nitrogen and oxygen atoms in total. The number of hydrogen-bond acceptors (Lipinski definition) is 4. The number of halogens is 4. The third-order valence-corrected chi connectivity index (χ3v) is 6.20. The van der Waals surface area contributed by atoms with Crippen LogP contribution in [0.1, 0.15) is 10.4 Å². The van der Waals surface area contributed by atoms with Crippen LogP contribution in [-0.2, 0) is 11.3 Å². The zero-order valence-electron chi connectivity index (χ0n) is 16.7. The highest BCUT2D eigenvalue weighted by atomic mass is 35.5. The van der Waals surface area contributed by atoms with Crippen molar-refractivity contribution >= 4 is 46.2 Å². The van der Waals surface area contributed by atoms with Crippen LogP contribution in [0.2, 0.25) is 5.02 Å². The van der Waals surface area contributed by atoms with Crippen molar-refractivity contribution in [3.63, 3.8) is 0 Å². The minimum Gasteiger partial charge on any atom is -0.338 e. The first-order chi connectivity index (χ1) is 15.3. The molecule has 3 aromatic rings. The van der Waals surface area contributed by atoms with Gasteiger partial charge >= 0.3 is 0 Å². The van der Waals surface area contributed by atoms with Gasteiger partial charge in [-0.05, 0) is 42.1 Å². The number of carbonyl (C=O) groups excluding carboxylic acids is 2. The predicted octanol–water partition coefficient (Wildman–Crippen LogP) is 4.13. The number of imidazole rings is 1. The molecule has 2 aromatic carbocycles.